The van der Waals surface area contributed by atoms with Crippen molar-refractivity contribution in [1.82, 2.24) is 0 Å². The fourth-order valence-electron chi connectivity index (χ4n) is 1.62. The highest BCUT2D eigenvalue weighted by Gasteiger charge is 2.37. The molecule has 1 fully saturated rings. The third-order valence-corrected chi connectivity index (χ3v) is 2.54. The SMILES string of the molecule is C=C/C=C/CC1C(=O)CC(=O)C1C. The Bertz CT molecular complexity index is 263. The minimum atomic E-state index is -0.0954. The van der Waals surface area contributed by atoms with E-state index in [1.807, 2.05) is 19.1 Å². The fourth-order valence-corrected chi connectivity index (χ4v) is 1.62. The number of carbonyl (C=O) groups is 2. The van der Waals surface area contributed by atoms with Gasteiger partial charge in [0.25, 0.3) is 0 Å². The average Bonchev–Trinajstić information content (AvgIpc) is 2.32. The molecule has 0 saturated heterocycles. The molecule has 0 aromatic rings. The van der Waals surface area contributed by atoms with Crippen LogP contribution < -0.4 is 0 Å². The lowest BCUT2D eigenvalue weighted by Crippen LogP contribution is -2.13. The average molecular weight is 178 g/mol. The number of hydrogen-bond donors (Lipinski definition) is 0. The Balaban J connectivity index is 2.58. The first-order valence-corrected chi connectivity index (χ1v) is 4.49. The van der Waals surface area contributed by atoms with Gasteiger partial charge in [-0.25, -0.2) is 0 Å². The van der Waals surface area contributed by atoms with Gasteiger partial charge in [0.15, 0.2) is 0 Å². The molecule has 0 aromatic heterocycles. The van der Waals surface area contributed by atoms with Crippen molar-refractivity contribution in [2.45, 2.75) is 19.8 Å². The summed E-state index contributed by atoms with van der Waals surface area (Å²) in [5.41, 5.74) is 0. The van der Waals surface area contributed by atoms with Crippen LogP contribution in [0.4, 0.5) is 0 Å². The quantitative estimate of drug-likeness (QED) is 0.488. The molecule has 0 heterocycles. The van der Waals surface area contributed by atoms with Crippen molar-refractivity contribution >= 4 is 11.6 Å². The molecule has 0 bridgehead atoms. The van der Waals surface area contributed by atoms with Crippen molar-refractivity contribution in [3.63, 3.8) is 0 Å². The topological polar surface area (TPSA) is 34.1 Å². The van der Waals surface area contributed by atoms with E-state index < -0.39 is 0 Å². The first-order valence-electron chi connectivity index (χ1n) is 4.49. The Morgan fingerprint density at radius 1 is 1.46 bits per heavy atom. The van der Waals surface area contributed by atoms with Crippen LogP contribution in [0, 0.1) is 11.8 Å². The van der Waals surface area contributed by atoms with Crippen LogP contribution in [0.3, 0.4) is 0 Å². The lowest BCUT2D eigenvalue weighted by molar-refractivity contribution is -0.122. The third kappa shape index (κ3) is 2.14. The second kappa shape index (κ2) is 4.17. The van der Waals surface area contributed by atoms with E-state index in [9.17, 15) is 9.59 Å². The number of allylic oxidation sites excluding steroid dienone is 3. The van der Waals surface area contributed by atoms with E-state index in [0.717, 1.165) is 0 Å². The number of ketones is 2. The summed E-state index contributed by atoms with van der Waals surface area (Å²) < 4.78 is 0. The van der Waals surface area contributed by atoms with Crippen molar-refractivity contribution in [3.05, 3.63) is 24.8 Å². The number of carbonyl (C=O) groups excluding carboxylic acids is 2. The molecular weight excluding hydrogens is 164 g/mol. The van der Waals surface area contributed by atoms with Gasteiger partial charge >= 0.3 is 0 Å². The Morgan fingerprint density at radius 3 is 2.62 bits per heavy atom. The minimum absolute atomic E-state index is 0.0852. The Labute approximate surface area is 78.3 Å². The van der Waals surface area contributed by atoms with Gasteiger partial charge in [-0.2, -0.15) is 0 Å². The molecule has 1 rings (SSSR count). The molecule has 2 heteroatoms. The van der Waals surface area contributed by atoms with Gasteiger partial charge in [-0.05, 0) is 6.42 Å². The van der Waals surface area contributed by atoms with Gasteiger partial charge in [0.05, 0.1) is 6.42 Å². The summed E-state index contributed by atoms with van der Waals surface area (Å²) in [4.78, 5) is 22.5. The van der Waals surface area contributed by atoms with Crippen LogP contribution in [0.2, 0.25) is 0 Å². The van der Waals surface area contributed by atoms with E-state index in [4.69, 9.17) is 0 Å². The fraction of sp³-hybridized carbons (Fsp3) is 0.455. The summed E-state index contributed by atoms with van der Waals surface area (Å²) in [5.74, 6) is -0.0149. The van der Waals surface area contributed by atoms with E-state index in [1.165, 1.54) is 0 Å². The minimum Gasteiger partial charge on any atom is -0.299 e. The Hall–Kier alpha value is -1.18. The summed E-state index contributed by atoms with van der Waals surface area (Å²) in [5, 5.41) is 0. The molecule has 1 aliphatic carbocycles. The molecule has 70 valence electrons. The molecule has 0 aliphatic heterocycles. The number of hydrogen-bond acceptors (Lipinski definition) is 2. The van der Waals surface area contributed by atoms with Crippen molar-refractivity contribution in [3.8, 4) is 0 Å². The second-order valence-electron chi connectivity index (χ2n) is 3.40. The van der Waals surface area contributed by atoms with Crippen molar-refractivity contribution in [2.75, 3.05) is 0 Å². The van der Waals surface area contributed by atoms with Crippen LogP contribution in [-0.4, -0.2) is 11.6 Å². The zero-order chi connectivity index (χ0) is 9.84. The maximum atomic E-state index is 11.3. The number of Topliss-reactive ketones (excluding diaryl/α,β-unsaturated/α-hetero) is 2. The first-order chi connectivity index (χ1) is 6.16. The molecule has 2 atom stereocenters. The molecule has 0 spiro atoms. The van der Waals surface area contributed by atoms with Gasteiger partial charge in [0, 0.05) is 11.8 Å². The van der Waals surface area contributed by atoms with Crippen LogP contribution >= 0.6 is 0 Å². The molecule has 0 radical (unpaired) electrons. The summed E-state index contributed by atoms with van der Waals surface area (Å²) in [6.07, 6.45) is 6.17. The molecule has 2 nitrogen and oxygen atoms in total. The Kier molecular flexibility index (Phi) is 3.18. The summed E-state index contributed by atoms with van der Waals surface area (Å²) in [6, 6.07) is 0. The lowest BCUT2D eigenvalue weighted by Gasteiger charge is -2.08. The molecule has 0 amide bonds. The van der Waals surface area contributed by atoms with Crippen molar-refractivity contribution < 1.29 is 9.59 Å². The normalized spacial score (nSPS) is 28.7. The van der Waals surface area contributed by atoms with E-state index >= 15 is 0 Å². The maximum Gasteiger partial charge on any atom is 0.144 e. The molecule has 0 aromatic carbocycles. The zero-order valence-corrected chi connectivity index (χ0v) is 7.82. The summed E-state index contributed by atoms with van der Waals surface area (Å²) in [6.45, 7) is 5.37. The van der Waals surface area contributed by atoms with Gasteiger partial charge in [0.1, 0.15) is 11.6 Å². The Morgan fingerprint density at radius 2 is 2.15 bits per heavy atom. The zero-order valence-electron chi connectivity index (χ0n) is 7.82. The molecule has 0 N–H and O–H groups in total. The monoisotopic (exact) mass is 178 g/mol. The van der Waals surface area contributed by atoms with Gasteiger partial charge < -0.3 is 0 Å². The summed E-state index contributed by atoms with van der Waals surface area (Å²) in [7, 11) is 0. The van der Waals surface area contributed by atoms with Gasteiger partial charge in [-0.15, -0.1) is 0 Å². The smallest absolute Gasteiger partial charge is 0.144 e. The highest BCUT2D eigenvalue weighted by molar-refractivity contribution is 6.08. The number of rotatable bonds is 3. The maximum absolute atomic E-state index is 11.3. The van der Waals surface area contributed by atoms with Crippen LogP contribution in [-0.2, 0) is 9.59 Å². The van der Waals surface area contributed by atoms with Gasteiger partial charge in [-0.1, -0.05) is 31.7 Å². The van der Waals surface area contributed by atoms with Crippen LogP contribution in [0.25, 0.3) is 0 Å². The molecule has 13 heavy (non-hydrogen) atoms. The molecule has 2 unspecified atom stereocenters. The van der Waals surface area contributed by atoms with Gasteiger partial charge in [0.2, 0.25) is 0 Å². The third-order valence-electron chi connectivity index (χ3n) is 2.54. The highest BCUT2D eigenvalue weighted by atomic mass is 16.2. The van der Waals surface area contributed by atoms with E-state index in [1.54, 1.807) is 6.08 Å². The first kappa shape index (κ1) is 9.90. The lowest BCUT2D eigenvalue weighted by atomic mass is 9.93. The second-order valence-corrected chi connectivity index (χ2v) is 3.40. The molecular formula is C11H14O2. The van der Waals surface area contributed by atoms with E-state index in [-0.39, 0.29) is 29.8 Å². The van der Waals surface area contributed by atoms with E-state index in [2.05, 4.69) is 6.58 Å². The van der Waals surface area contributed by atoms with Crippen molar-refractivity contribution in [1.29, 1.82) is 0 Å². The van der Waals surface area contributed by atoms with Crippen LogP contribution in [0.15, 0.2) is 24.8 Å². The molecule has 1 aliphatic rings. The van der Waals surface area contributed by atoms with Crippen molar-refractivity contribution in [2.24, 2.45) is 11.8 Å². The standard InChI is InChI=1S/C11H14O2/c1-3-4-5-6-9-8(2)10(12)7-11(9)13/h3-5,8-9H,1,6-7H2,2H3/b5-4+. The van der Waals surface area contributed by atoms with Gasteiger partial charge in [-0.3, -0.25) is 9.59 Å². The predicted octanol–water partition coefficient (Wildman–Crippen LogP) is 1.91. The van der Waals surface area contributed by atoms with E-state index in [0.29, 0.717) is 6.42 Å². The highest BCUT2D eigenvalue weighted by Crippen LogP contribution is 2.28. The largest absolute Gasteiger partial charge is 0.299 e. The molecule has 1 saturated carbocycles. The van der Waals surface area contributed by atoms with Crippen LogP contribution in [0.1, 0.15) is 19.8 Å². The van der Waals surface area contributed by atoms with Crippen LogP contribution in [0.5, 0.6) is 0 Å². The summed E-state index contributed by atoms with van der Waals surface area (Å²) >= 11 is 0. The predicted molar refractivity (Wildman–Crippen MR) is 51.2 cm³/mol.